The van der Waals surface area contributed by atoms with Gasteiger partial charge in [-0.15, -0.1) is 0 Å². The minimum atomic E-state index is 0. The Balaban J connectivity index is 0.000000720. The Morgan fingerprint density at radius 3 is 2.75 bits per heavy atom. The van der Waals surface area contributed by atoms with E-state index in [1.165, 1.54) is 45.6 Å². The van der Waals surface area contributed by atoms with Gasteiger partial charge in [0, 0.05) is 13.1 Å². The third kappa shape index (κ3) is 1.76. The second-order valence-corrected chi connectivity index (χ2v) is 4.05. The monoisotopic (exact) mass is 189 g/mol. The molecule has 1 unspecified atom stereocenters. The van der Waals surface area contributed by atoms with Crippen LogP contribution in [0.2, 0.25) is 0 Å². The van der Waals surface area contributed by atoms with Gasteiger partial charge in [0.15, 0.2) is 0 Å². The normalized spacial score (nSPS) is 35.8. The fourth-order valence-corrected chi connectivity index (χ4v) is 2.44. The van der Waals surface area contributed by atoms with Crippen LogP contribution in [0.4, 0.5) is 0 Å². The zero-order valence-electron chi connectivity index (χ0n) is 7.77. The summed E-state index contributed by atoms with van der Waals surface area (Å²) >= 11 is 0. The molecule has 0 aliphatic carbocycles. The Hall–Kier alpha value is 0.210. The summed E-state index contributed by atoms with van der Waals surface area (Å²) in [4.78, 5) is 2.58. The van der Waals surface area contributed by atoms with Crippen molar-refractivity contribution in [2.75, 3.05) is 32.7 Å². The lowest BCUT2D eigenvalue weighted by atomic mass is 9.87. The smallest absolute Gasteiger partial charge is 0.00510 e. The molecule has 3 heteroatoms. The molecular weight excluding hydrogens is 172 g/mol. The first-order valence-electron chi connectivity index (χ1n) is 4.78. The summed E-state index contributed by atoms with van der Waals surface area (Å²) in [6.45, 7) is 8.69. The molecule has 0 bridgehead atoms. The quantitative estimate of drug-likeness (QED) is 0.499. The highest BCUT2D eigenvalue weighted by atomic mass is 35.5. The average Bonchev–Trinajstić information content (AvgIpc) is 2.62. The summed E-state index contributed by atoms with van der Waals surface area (Å²) < 4.78 is 0. The number of nitrogens with one attached hydrogen (secondary N) is 1. The van der Waals surface area contributed by atoms with E-state index in [1.807, 2.05) is 0 Å². The van der Waals surface area contributed by atoms with Crippen molar-refractivity contribution in [1.82, 2.24) is 10.2 Å². The number of rotatable bonds is 1. The molecule has 12 heavy (non-hydrogen) atoms. The number of nitrogens with zero attached hydrogens (tertiary/aromatic N) is 1. The molecule has 0 aromatic heterocycles. The lowest BCUT2D eigenvalue weighted by Crippen LogP contribution is -3.00. The predicted octanol–water partition coefficient (Wildman–Crippen LogP) is -2.30. The SMILES string of the molecule is CCN1CCC2(CCNC2)C1.[Cl-]. The second kappa shape index (κ2) is 3.95. The fourth-order valence-electron chi connectivity index (χ4n) is 2.44. The van der Waals surface area contributed by atoms with Crippen molar-refractivity contribution in [2.45, 2.75) is 19.8 Å². The van der Waals surface area contributed by atoms with Crippen molar-refractivity contribution < 1.29 is 12.4 Å². The van der Waals surface area contributed by atoms with Gasteiger partial charge in [-0.05, 0) is 37.9 Å². The van der Waals surface area contributed by atoms with Gasteiger partial charge in [0.25, 0.3) is 0 Å². The van der Waals surface area contributed by atoms with E-state index in [0.29, 0.717) is 5.41 Å². The van der Waals surface area contributed by atoms with Crippen molar-refractivity contribution in [1.29, 1.82) is 0 Å². The molecule has 1 spiro atoms. The maximum absolute atomic E-state index is 3.47. The van der Waals surface area contributed by atoms with Crippen molar-refractivity contribution in [2.24, 2.45) is 5.41 Å². The van der Waals surface area contributed by atoms with Crippen LogP contribution in [-0.2, 0) is 0 Å². The van der Waals surface area contributed by atoms with E-state index in [0.717, 1.165) is 0 Å². The molecule has 2 saturated heterocycles. The van der Waals surface area contributed by atoms with Gasteiger partial charge in [-0.3, -0.25) is 0 Å². The molecular formula is C9H18ClN2-. The predicted molar refractivity (Wildman–Crippen MR) is 46.7 cm³/mol. The Kier molecular flexibility index (Phi) is 3.38. The molecule has 2 fully saturated rings. The lowest BCUT2D eigenvalue weighted by molar-refractivity contribution is -0.00000259. The summed E-state index contributed by atoms with van der Waals surface area (Å²) in [5.74, 6) is 0. The molecule has 1 N–H and O–H groups in total. The molecule has 0 amide bonds. The van der Waals surface area contributed by atoms with Crippen LogP contribution < -0.4 is 17.7 Å². The molecule has 1 atom stereocenters. The Labute approximate surface area is 81.1 Å². The highest BCUT2D eigenvalue weighted by Gasteiger charge is 2.39. The number of halogens is 1. The Morgan fingerprint density at radius 1 is 1.42 bits per heavy atom. The van der Waals surface area contributed by atoms with Crippen LogP contribution in [0.1, 0.15) is 19.8 Å². The highest BCUT2D eigenvalue weighted by molar-refractivity contribution is 4.95. The number of hydrogen-bond donors (Lipinski definition) is 1. The molecule has 0 aromatic rings. The first-order valence-corrected chi connectivity index (χ1v) is 4.78. The van der Waals surface area contributed by atoms with E-state index in [-0.39, 0.29) is 12.4 Å². The van der Waals surface area contributed by atoms with Crippen molar-refractivity contribution in [3.63, 3.8) is 0 Å². The summed E-state index contributed by atoms with van der Waals surface area (Å²) in [7, 11) is 0. The van der Waals surface area contributed by atoms with E-state index in [1.54, 1.807) is 0 Å². The zero-order valence-corrected chi connectivity index (χ0v) is 8.53. The van der Waals surface area contributed by atoms with Gasteiger partial charge in [0.2, 0.25) is 0 Å². The Morgan fingerprint density at radius 2 is 2.25 bits per heavy atom. The van der Waals surface area contributed by atoms with E-state index in [2.05, 4.69) is 17.1 Å². The lowest BCUT2D eigenvalue weighted by Gasteiger charge is -2.21. The topological polar surface area (TPSA) is 15.3 Å². The number of likely N-dealkylation sites (tertiary alicyclic amines) is 1. The first-order chi connectivity index (χ1) is 5.35. The molecule has 2 nitrogen and oxygen atoms in total. The van der Waals surface area contributed by atoms with Crippen LogP contribution in [0.5, 0.6) is 0 Å². The van der Waals surface area contributed by atoms with Gasteiger partial charge in [0.05, 0.1) is 0 Å². The summed E-state index contributed by atoms with van der Waals surface area (Å²) in [5.41, 5.74) is 0.677. The third-order valence-corrected chi connectivity index (χ3v) is 3.30. The van der Waals surface area contributed by atoms with E-state index in [9.17, 15) is 0 Å². The van der Waals surface area contributed by atoms with Gasteiger partial charge in [-0.1, -0.05) is 6.92 Å². The average molecular weight is 190 g/mol. The second-order valence-electron chi connectivity index (χ2n) is 4.05. The first kappa shape index (κ1) is 10.3. The number of hydrogen-bond acceptors (Lipinski definition) is 2. The minimum Gasteiger partial charge on any atom is -1.00 e. The fraction of sp³-hybridized carbons (Fsp3) is 1.00. The van der Waals surface area contributed by atoms with Crippen LogP contribution in [0.25, 0.3) is 0 Å². The molecule has 2 rings (SSSR count). The van der Waals surface area contributed by atoms with Gasteiger partial charge in [-0.2, -0.15) is 0 Å². The van der Waals surface area contributed by atoms with Crippen LogP contribution in [0.15, 0.2) is 0 Å². The van der Waals surface area contributed by atoms with Crippen LogP contribution in [0.3, 0.4) is 0 Å². The van der Waals surface area contributed by atoms with E-state index < -0.39 is 0 Å². The van der Waals surface area contributed by atoms with Crippen molar-refractivity contribution >= 4 is 0 Å². The van der Waals surface area contributed by atoms with Crippen LogP contribution >= 0.6 is 0 Å². The highest BCUT2D eigenvalue weighted by Crippen LogP contribution is 2.35. The maximum Gasteiger partial charge on any atom is 0.00510 e. The van der Waals surface area contributed by atoms with Gasteiger partial charge in [0.1, 0.15) is 0 Å². The summed E-state index contributed by atoms with van der Waals surface area (Å²) in [5, 5.41) is 3.47. The molecule has 0 saturated carbocycles. The van der Waals surface area contributed by atoms with Crippen molar-refractivity contribution in [3.8, 4) is 0 Å². The van der Waals surface area contributed by atoms with Crippen LogP contribution in [0, 0.1) is 5.41 Å². The van der Waals surface area contributed by atoms with Gasteiger partial charge < -0.3 is 22.6 Å². The van der Waals surface area contributed by atoms with Crippen LogP contribution in [-0.4, -0.2) is 37.6 Å². The van der Waals surface area contributed by atoms with Crippen molar-refractivity contribution in [3.05, 3.63) is 0 Å². The third-order valence-electron chi connectivity index (χ3n) is 3.30. The minimum absolute atomic E-state index is 0. The Bertz CT molecular complexity index is 143. The van der Waals surface area contributed by atoms with Gasteiger partial charge in [-0.25, -0.2) is 0 Å². The van der Waals surface area contributed by atoms with Gasteiger partial charge >= 0.3 is 0 Å². The molecule has 2 aliphatic heterocycles. The maximum atomic E-state index is 3.47. The molecule has 0 radical (unpaired) electrons. The largest absolute Gasteiger partial charge is 1.00 e. The zero-order chi connectivity index (χ0) is 7.73. The molecule has 2 heterocycles. The van der Waals surface area contributed by atoms with E-state index >= 15 is 0 Å². The molecule has 72 valence electrons. The summed E-state index contributed by atoms with van der Waals surface area (Å²) in [6, 6.07) is 0. The standard InChI is InChI=1S/C9H18N2.ClH/c1-2-11-6-4-9(8-11)3-5-10-7-9;/h10H,2-8H2,1H3;1H/p-1. The molecule has 2 aliphatic rings. The molecule has 0 aromatic carbocycles. The van der Waals surface area contributed by atoms with E-state index in [4.69, 9.17) is 0 Å². The summed E-state index contributed by atoms with van der Waals surface area (Å²) in [6.07, 6.45) is 2.83.